The summed E-state index contributed by atoms with van der Waals surface area (Å²) in [5.41, 5.74) is 1.99. The number of hydrogen-bond donors (Lipinski definition) is 1. The van der Waals surface area contributed by atoms with Gasteiger partial charge >= 0.3 is 0 Å². The number of halogens is 1. The third-order valence-electron chi connectivity index (χ3n) is 2.49. The van der Waals surface area contributed by atoms with Gasteiger partial charge in [-0.1, -0.05) is 23.7 Å². The summed E-state index contributed by atoms with van der Waals surface area (Å²) in [5.74, 6) is 1.16. The molecule has 0 saturated carbocycles. The fourth-order valence-electron chi connectivity index (χ4n) is 1.62. The number of nitrogens with one attached hydrogen (secondary N) is 1. The van der Waals surface area contributed by atoms with E-state index >= 15 is 0 Å². The minimum absolute atomic E-state index is 0.568. The summed E-state index contributed by atoms with van der Waals surface area (Å²) < 4.78 is 5.39. The van der Waals surface area contributed by atoms with E-state index in [1.54, 1.807) is 0 Å². The number of aryl methyl sites for hydroxylation is 1. The first-order valence-corrected chi connectivity index (χ1v) is 6.52. The molecular formula is C14H16ClN3O. The zero-order chi connectivity index (χ0) is 13.7. The fourth-order valence-corrected chi connectivity index (χ4v) is 1.75. The van der Waals surface area contributed by atoms with E-state index < -0.39 is 0 Å². The molecule has 1 aromatic carbocycles. The lowest BCUT2D eigenvalue weighted by molar-refractivity contribution is 0.326. The van der Waals surface area contributed by atoms with Crippen molar-refractivity contribution in [1.82, 2.24) is 9.97 Å². The lowest BCUT2D eigenvalue weighted by atomic mass is 10.2. The number of anilines is 1. The van der Waals surface area contributed by atoms with E-state index in [-0.39, 0.29) is 0 Å². The van der Waals surface area contributed by atoms with Gasteiger partial charge in [0.05, 0.1) is 6.61 Å². The molecule has 0 spiro atoms. The molecule has 0 bridgehead atoms. The van der Waals surface area contributed by atoms with Gasteiger partial charge in [-0.2, -0.15) is 4.98 Å². The average Bonchev–Trinajstić information content (AvgIpc) is 2.38. The highest BCUT2D eigenvalue weighted by molar-refractivity contribution is 6.30. The molecule has 19 heavy (non-hydrogen) atoms. The standard InChI is InChI=1S/C14H16ClN3O/c1-3-19-13-8-10(2)17-14(18-13)16-9-11-4-6-12(15)7-5-11/h4-8H,3,9H2,1-2H3,(H,16,17,18). The number of rotatable bonds is 5. The molecule has 0 atom stereocenters. The first kappa shape index (κ1) is 13.6. The summed E-state index contributed by atoms with van der Waals surface area (Å²) in [4.78, 5) is 8.61. The monoisotopic (exact) mass is 277 g/mol. The molecular weight excluding hydrogens is 262 g/mol. The Morgan fingerprint density at radius 1 is 1.21 bits per heavy atom. The van der Waals surface area contributed by atoms with Gasteiger partial charge in [0.15, 0.2) is 0 Å². The van der Waals surface area contributed by atoms with Gasteiger partial charge in [-0.15, -0.1) is 0 Å². The van der Waals surface area contributed by atoms with E-state index in [4.69, 9.17) is 16.3 Å². The van der Waals surface area contributed by atoms with Crippen LogP contribution in [-0.4, -0.2) is 16.6 Å². The number of hydrogen-bond acceptors (Lipinski definition) is 4. The molecule has 5 heteroatoms. The Labute approximate surface area is 117 Å². The van der Waals surface area contributed by atoms with E-state index in [0.29, 0.717) is 25.0 Å². The highest BCUT2D eigenvalue weighted by Crippen LogP contribution is 2.14. The average molecular weight is 278 g/mol. The lowest BCUT2D eigenvalue weighted by Gasteiger charge is -2.08. The Hall–Kier alpha value is -1.81. The van der Waals surface area contributed by atoms with Gasteiger partial charge in [0, 0.05) is 23.3 Å². The fraction of sp³-hybridized carbons (Fsp3) is 0.286. The van der Waals surface area contributed by atoms with Crippen LogP contribution >= 0.6 is 11.6 Å². The lowest BCUT2D eigenvalue weighted by Crippen LogP contribution is -2.06. The summed E-state index contributed by atoms with van der Waals surface area (Å²) in [6, 6.07) is 9.47. The molecule has 0 aliphatic heterocycles. The van der Waals surface area contributed by atoms with Gasteiger partial charge in [-0.05, 0) is 31.5 Å². The van der Waals surface area contributed by atoms with Gasteiger partial charge in [0.25, 0.3) is 0 Å². The first-order chi connectivity index (χ1) is 9.17. The minimum atomic E-state index is 0.568. The predicted octanol–water partition coefficient (Wildman–Crippen LogP) is 3.45. The zero-order valence-electron chi connectivity index (χ0n) is 11.0. The summed E-state index contributed by atoms with van der Waals surface area (Å²) >= 11 is 5.84. The van der Waals surface area contributed by atoms with Crippen LogP contribution in [0, 0.1) is 6.92 Å². The zero-order valence-corrected chi connectivity index (χ0v) is 11.7. The molecule has 0 radical (unpaired) electrons. The second-order valence-corrected chi connectivity index (χ2v) is 4.52. The van der Waals surface area contributed by atoms with Crippen molar-refractivity contribution in [3.63, 3.8) is 0 Å². The maximum Gasteiger partial charge on any atom is 0.226 e. The second-order valence-electron chi connectivity index (χ2n) is 4.08. The van der Waals surface area contributed by atoms with E-state index in [2.05, 4.69) is 15.3 Å². The molecule has 1 aromatic heterocycles. The molecule has 1 heterocycles. The van der Waals surface area contributed by atoms with E-state index in [1.165, 1.54) is 0 Å². The summed E-state index contributed by atoms with van der Waals surface area (Å²) in [5, 5.41) is 3.91. The third-order valence-corrected chi connectivity index (χ3v) is 2.74. The highest BCUT2D eigenvalue weighted by atomic mass is 35.5. The maximum absolute atomic E-state index is 5.84. The van der Waals surface area contributed by atoms with Crippen LogP contribution in [0.4, 0.5) is 5.95 Å². The van der Waals surface area contributed by atoms with Crippen LogP contribution in [0.2, 0.25) is 5.02 Å². The molecule has 100 valence electrons. The Balaban J connectivity index is 2.04. The first-order valence-electron chi connectivity index (χ1n) is 6.14. The largest absolute Gasteiger partial charge is 0.478 e. The molecule has 0 unspecified atom stereocenters. The van der Waals surface area contributed by atoms with E-state index in [9.17, 15) is 0 Å². The van der Waals surface area contributed by atoms with Gasteiger partial charge < -0.3 is 10.1 Å². The van der Waals surface area contributed by atoms with Crippen molar-refractivity contribution in [2.75, 3.05) is 11.9 Å². The molecule has 1 N–H and O–H groups in total. The van der Waals surface area contributed by atoms with Crippen molar-refractivity contribution < 1.29 is 4.74 Å². The molecule has 4 nitrogen and oxygen atoms in total. The van der Waals surface area contributed by atoms with Crippen LogP contribution in [0.5, 0.6) is 5.88 Å². The van der Waals surface area contributed by atoms with Crippen LogP contribution < -0.4 is 10.1 Å². The molecule has 2 rings (SSSR count). The summed E-state index contributed by atoms with van der Waals surface area (Å²) in [7, 11) is 0. The molecule has 0 aliphatic rings. The van der Waals surface area contributed by atoms with Crippen LogP contribution in [0.3, 0.4) is 0 Å². The van der Waals surface area contributed by atoms with Gasteiger partial charge in [0.2, 0.25) is 11.8 Å². The van der Waals surface area contributed by atoms with Crippen LogP contribution in [-0.2, 0) is 6.54 Å². The van der Waals surface area contributed by atoms with Crippen molar-refractivity contribution in [3.05, 3.63) is 46.6 Å². The number of nitrogens with zero attached hydrogens (tertiary/aromatic N) is 2. The maximum atomic E-state index is 5.84. The molecule has 0 aliphatic carbocycles. The molecule has 2 aromatic rings. The van der Waals surface area contributed by atoms with Crippen molar-refractivity contribution >= 4 is 17.5 Å². The second kappa shape index (κ2) is 6.38. The minimum Gasteiger partial charge on any atom is -0.478 e. The normalized spacial score (nSPS) is 10.3. The Morgan fingerprint density at radius 2 is 1.95 bits per heavy atom. The van der Waals surface area contributed by atoms with Crippen molar-refractivity contribution in [2.24, 2.45) is 0 Å². The van der Waals surface area contributed by atoms with Gasteiger partial charge in [-0.3, -0.25) is 0 Å². The van der Waals surface area contributed by atoms with Crippen LogP contribution in [0.15, 0.2) is 30.3 Å². The number of ether oxygens (including phenoxy) is 1. The quantitative estimate of drug-likeness (QED) is 0.909. The predicted molar refractivity (Wildman–Crippen MR) is 76.7 cm³/mol. The Morgan fingerprint density at radius 3 is 2.63 bits per heavy atom. The van der Waals surface area contributed by atoms with Gasteiger partial charge in [-0.25, -0.2) is 4.98 Å². The number of aromatic nitrogens is 2. The van der Waals surface area contributed by atoms with Crippen molar-refractivity contribution in [1.29, 1.82) is 0 Å². The Kier molecular flexibility index (Phi) is 4.58. The SMILES string of the molecule is CCOc1cc(C)nc(NCc2ccc(Cl)cc2)n1. The molecule has 0 saturated heterocycles. The van der Waals surface area contributed by atoms with E-state index in [1.807, 2.05) is 44.2 Å². The third kappa shape index (κ3) is 4.10. The summed E-state index contributed by atoms with van der Waals surface area (Å²) in [6.45, 7) is 5.08. The van der Waals surface area contributed by atoms with Gasteiger partial charge in [0.1, 0.15) is 0 Å². The van der Waals surface area contributed by atoms with Crippen molar-refractivity contribution in [3.8, 4) is 5.88 Å². The van der Waals surface area contributed by atoms with Crippen molar-refractivity contribution in [2.45, 2.75) is 20.4 Å². The molecule has 0 fully saturated rings. The van der Waals surface area contributed by atoms with Crippen LogP contribution in [0.25, 0.3) is 0 Å². The van der Waals surface area contributed by atoms with Crippen LogP contribution in [0.1, 0.15) is 18.2 Å². The topological polar surface area (TPSA) is 47.0 Å². The van der Waals surface area contributed by atoms with E-state index in [0.717, 1.165) is 16.3 Å². The smallest absolute Gasteiger partial charge is 0.226 e. The Bertz CT molecular complexity index is 543. The summed E-state index contributed by atoms with van der Waals surface area (Å²) in [6.07, 6.45) is 0. The highest BCUT2D eigenvalue weighted by Gasteiger charge is 2.02. The molecule has 0 amide bonds. The number of benzene rings is 1.